The molecule has 0 amide bonds. The van der Waals surface area contributed by atoms with Gasteiger partial charge in [0.2, 0.25) is 23.7 Å². The standard InChI is InChI=1S/C19H28F2N6.C19H25F2N5O.C18H23F2N5.C15H18ClF2N5.3C4H9.C3H5.C2H7N.Sn/c1-12-10-13(2)27(25-12)18-23-16(14(3)26(4)5)11-17(24-18)22-15-6-8-19(20,21)9-7-15;1-5-27-14(4)16-11-17(22-15-6-8-19(20,21)9-7-15)24-18(23-16)26-13(3)10-12(2)25-26;1-11(2)15-10-16(21-14-5-7-18(19,20)8-6-14)23-17(22-15)25-13(4)9-12(3)24-25;1-9-7-10(2)23(22-9)14-20-12(16)8-13(21-14)19-11-3-5-15(17,18)6-4-11;3*1-3-4-2;2*1-3-2;/h10-11,14-15H,6-9H2,1-5H3,(H,22,23,24);10-11,15H,4-9H2,1-3H3,(H,22,23,24);9-10,14H,1,5-8H2,2-4H3,(H,21,22,23);7-8,11H,3-6H2,1-2H3,(H,19,20,21);3*1,3-4H2,2H3;1H2,2H3;3H,1-2H3;. The van der Waals surface area contributed by atoms with E-state index in [-0.39, 0.29) is 86.7 Å². The molecule has 23 nitrogen and oxygen atoms in total. The van der Waals surface area contributed by atoms with Gasteiger partial charge >= 0.3 is 108 Å². The SMILES string of the molecule is C=C(C)c1cc(NC2CCC(F)(F)CC2)nc(-n2nc(C)cc2C)n1.C=C(OCC)c1cc(NC2CCC(F)(F)CC2)nc(-n2nc(C)cc2C)n1.C=[C](C)[Sn]([CH2]CCC)([CH2]CCC)[CH2]CCC.CNC.Cc1cc(C)n(-c2nc(Cl)cc(NC3CCC(F)(F)CC3)n2)n1.Cc1cc(C)n(-c2nc(NC3CCC(F)(F)CC3)cc(C(C)N(C)C)n2)n1. The normalized spacial score (nSPS) is 16.7. The van der Waals surface area contributed by atoms with E-state index < -0.39 is 42.1 Å². The third-order valence-electron chi connectivity index (χ3n) is 22.1. The molecule has 0 aromatic carbocycles. The molecule has 5 N–H and O–H groups in total. The second kappa shape index (κ2) is 46.0. The van der Waals surface area contributed by atoms with Crippen LogP contribution in [0.4, 0.5) is 58.4 Å². The van der Waals surface area contributed by atoms with Gasteiger partial charge in [0.15, 0.2) is 0 Å². The Morgan fingerprint density at radius 2 is 0.736 bits per heavy atom. The summed E-state index contributed by atoms with van der Waals surface area (Å²) in [5.74, 6) is -5.69. The minimum Gasteiger partial charge on any atom is -0.367 e. The molecule has 8 aromatic heterocycles. The fourth-order valence-corrected chi connectivity index (χ4v) is 29.7. The summed E-state index contributed by atoms with van der Waals surface area (Å²) in [7, 11) is 7.73. The van der Waals surface area contributed by atoms with Gasteiger partial charge in [0.05, 0.1) is 40.8 Å². The van der Waals surface area contributed by atoms with Gasteiger partial charge in [-0.2, -0.15) is 45.3 Å². The summed E-state index contributed by atoms with van der Waals surface area (Å²) in [6.45, 7) is 43.2. The molecule has 121 heavy (non-hydrogen) atoms. The Morgan fingerprint density at radius 1 is 0.455 bits per heavy atom. The molecule has 8 aromatic rings. The maximum Gasteiger partial charge on any atom is 0.254 e. The molecular weight excluding hydrogens is 1690 g/mol. The predicted molar refractivity (Wildman–Crippen MR) is 475 cm³/mol. The monoisotopic (exact) mass is 1820 g/mol. The maximum absolute atomic E-state index is 13.4. The molecular formula is C88H133ClF8N22OSn. The molecule has 0 aliphatic heterocycles. The van der Waals surface area contributed by atoms with E-state index >= 15 is 0 Å². The van der Waals surface area contributed by atoms with Crippen molar-refractivity contribution < 1.29 is 39.9 Å². The Morgan fingerprint density at radius 3 is 1.01 bits per heavy atom. The third-order valence-corrected chi connectivity index (χ3v) is 38.7. The van der Waals surface area contributed by atoms with E-state index in [2.05, 4.69) is 141 Å². The minimum atomic E-state index is -2.56. The zero-order valence-corrected chi connectivity index (χ0v) is 78.5. The Balaban J connectivity index is 0.000000208. The Labute approximate surface area is 721 Å². The average Bonchev–Trinajstić information content (AvgIpc) is 1.42. The second-order valence-electron chi connectivity index (χ2n) is 33.3. The first-order valence-corrected chi connectivity index (χ1v) is 50.7. The van der Waals surface area contributed by atoms with E-state index in [1.165, 1.54) is 38.5 Å². The van der Waals surface area contributed by atoms with Gasteiger partial charge in [0.1, 0.15) is 39.9 Å². The molecule has 8 heterocycles. The second-order valence-corrected chi connectivity index (χ2v) is 47.7. The summed E-state index contributed by atoms with van der Waals surface area (Å²) in [6.07, 6.45) is 11.0. The van der Waals surface area contributed by atoms with Crippen LogP contribution in [-0.4, -0.2) is 185 Å². The van der Waals surface area contributed by atoms with Crippen molar-refractivity contribution in [3.8, 4) is 23.8 Å². The number of anilines is 4. The first-order valence-electron chi connectivity index (χ1n) is 42.8. The molecule has 4 aliphatic rings. The fraction of sp³-hybridized carbons (Fsp3) is 0.614. The van der Waals surface area contributed by atoms with E-state index in [0.717, 1.165) is 56.8 Å². The number of halogens is 9. The average molecular weight is 1820 g/mol. The van der Waals surface area contributed by atoms with Crippen LogP contribution in [0.5, 0.6) is 0 Å². The van der Waals surface area contributed by atoms with Crippen molar-refractivity contribution >= 4 is 64.6 Å². The van der Waals surface area contributed by atoms with E-state index in [0.29, 0.717) is 122 Å². The number of alkyl halides is 8. The van der Waals surface area contributed by atoms with Crippen molar-refractivity contribution in [1.29, 1.82) is 0 Å². The molecule has 0 spiro atoms. The minimum absolute atomic E-state index is 0.00431. The van der Waals surface area contributed by atoms with Gasteiger partial charge in [-0.15, -0.1) is 0 Å². The molecule has 4 saturated carbocycles. The zero-order valence-electron chi connectivity index (χ0n) is 74.9. The quantitative estimate of drug-likeness (QED) is 0.0132. The van der Waals surface area contributed by atoms with E-state index in [4.69, 9.17) is 21.3 Å². The van der Waals surface area contributed by atoms with Gasteiger partial charge in [-0.1, -0.05) is 24.8 Å². The number of aryl methyl sites for hydroxylation is 8. The summed E-state index contributed by atoms with van der Waals surface area (Å²) >= 11 is 4.13. The molecule has 668 valence electrons. The number of rotatable bonds is 28. The van der Waals surface area contributed by atoms with E-state index in [1.54, 1.807) is 47.8 Å². The molecule has 0 saturated heterocycles. The third kappa shape index (κ3) is 31.2. The zero-order chi connectivity index (χ0) is 89.3. The van der Waals surface area contributed by atoms with Gasteiger partial charge < -0.3 is 36.2 Å². The first kappa shape index (κ1) is 99.9. The first-order chi connectivity index (χ1) is 57.0. The van der Waals surface area contributed by atoms with Crippen molar-refractivity contribution in [2.75, 3.05) is 56.1 Å². The Kier molecular flexibility index (Phi) is 38.0. The van der Waals surface area contributed by atoms with Crippen LogP contribution >= 0.6 is 11.6 Å². The number of aromatic nitrogens is 16. The van der Waals surface area contributed by atoms with Crippen LogP contribution in [0.25, 0.3) is 35.1 Å². The number of allylic oxidation sites excluding steroid dienone is 2. The Hall–Kier alpha value is -8.17. The largest absolute Gasteiger partial charge is 0.367 e. The summed E-state index contributed by atoms with van der Waals surface area (Å²) < 4.78 is 125. The van der Waals surface area contributed by atoms with Crippen molar-refractivity contribution in [3.63, 3.8) is 0 Å². The van der Waals surface area contributed by atoms with Gasteiger partial charge in [-0.3, -0.25) is 0 Å². The van der Waals surface area contributed by atoms with Crippen molar-refractivity contribution in [3.05, 3.63) is 140 Å². The summed E-state index contributed by atoms with van der Waals surface area (Å²) in [4.78, 5) is 38.1. The summed E-state index contributed by atoms with van der Waals surface area (Å²) in [5.41, 5.74) is 10.1. The number of hydrogen-bond acceptors (Lipinski definition) is 19. The number of hydrogen-bond donors (Lipinski definition) is 5. The van der Waals surface area contributed by atoms with Gasteiger partial charge in [-0.25, -0.2) is 68.8 Å². The number of unbranched alkanes of at least 4 members (excludes halogenated alkanes) is 3. The van der Waals surface area contributed by atoms with Crippen molar-refractivity contribution in [2.24, 2.45) is 0 Å². The molecule has 1 atom stereocenters. The van der Waals surface area contributed by atoms with Crippen LogP contribution < -0.4 is 26.6 Å². The molecule has 0 bridgehead atoms. The summed E-state index contributed by atoms with van der Waals surface area (Å²) in [5, 5.41) is 33.8. The van der Waals surface area contributed by atoms with Crippen molar-refractivity contribution in [1.82, 2.24) is 89.2 Å². The van der Waals surface area contributed by atoms with Crippen LogP contribution in [0, 0.1) is 55.4 Å². The van der Waals surface area contributed by atoms with Crippen molar-refractivity contribution in [2.45, 2.75) is 312 Å². The number of ether oxygens (including phenoxy) is 1. The molecule has 4 aliphatic carbocycles. The maximum atomic E-state index is 13.4. The number of nitrogens with zero attached hydrogens (tertiary/aromatic N) is 17. The van der Waals surface area contributed by atoms with Crippen LogP contribution in [0.1, 0.15) is 258 Å². The van der Waals surface area contributed by atoms with Crippen LogP contribution in [0.3, 0.4) is 0 Å². The van der Waals surface area contributed by atoms with Crippen LogP contribution in [0.15, 0.2) is 71.9 Å². The molecule has 1 unspecified atom stereocenters. The topological polar surface area (TPSA) is 247 Å². The van der Waals surface area contributed by atoms with E-state index in [1.807, 2.05) is 134 Å². The molecule has 4 fully saturated rings. The fourth-order valence-electron chi connectivity index (χ4n) is 15.0. The van der Waals surface area contributed by atoms with E-state index in [9.17, 15) is 35.1 Å². The van der Waals surface area contributed by atoms with Crippen LogP contribution in [-0.2, 0) is 4.74 Å². The molecule has 0 radical (unpaired) electrons. The Bertz CT molecular complexity index is 4580. The van der Waals surface area contributed by atoms with Gasteiger partial charge in [0.25, 0.3) is 23.8 Å². The molecule has 33 heteroatoms. The summed E-state index contributed by atoms with van der Waals surface area (Å²) in [6, 6.07) is 14.8. The number of nitrogens with one attached hydrogen (secondary N) is 5. The van der Waals surface area contributed by atoms with Gasteiger partial charge in [-0.05, 0) is 186 Å². The molecule has 12 rings (SSSR count). The smallest absolute Gasteiger partial charge is 0.254 e. The van der Waals surface area contributed by atoms with Crippen LogP contribution in [0.2, 0.25) is 18.5 Å². The predicted octanol–water partition coefficient (Wildman–Crippen LogP) is 22.2. The van der Waals surface area contributed by atoms with Gasteiger partial charge in [0, 0.05) is 129 Å².